The first-order chi connectivity index (χ1) is 9.46. The number of hydrogen-bond donors (Lipinski definition) is 1. The smallest absolute Gasteiger partial charge is 0.339 e. The lowest BCUT2D eigenvalue weighted by Gasteiger charge is -2.31. The van der Waals surface area contributed by atoms with Gasteiger partial charge in [-0.25, -0.2) is 13.2 Å². The fourth-order valence-corrected chi connectivity index (χ4v) is 3.93. The quantitative estimate of drug-likeness (QED) is 0.830. The first kappa shape index (κ1) is 17.9. The molecule has 0 aliphatic carbocycles. The van der Waals surface area contributed by atoms with Crippen LogP contribution in [0.15, 0.2) is 29.2 Å². The highest BCUT2D eigenvalue weighted by Gasteiger charge is 2.31. The van der Waals surface area contributed by atoms with Gasteiger partial charge in [-0.3, -0.25) is 0 Å². The van der Waals surface area contributed by atoms with Crippen LogP contribution in [-0.2, 0) is 14.8 Å². The zero-order chi connectivity index (χ0) is 14.8. The van der Waals surface area contributed by atoms with Gasteiger partial charge in [0.05, 0.1) is 17.6 Å². The van der Waals surface area contributed by atoms with Crippen molar-refractivity contribution in [2.45, 2.75) is 17.9 Å². The number of carbonyl (C=O) groups excluding carboxylic acids is 1. The number of carbonyl (C=O) groups is 1. The van der Waals surface area contributed by atoms with E-state index in [1.54, 1.807) is 12.1 Å². The van der Waals surface area contributed by atoms with E-state index in [4.69, 9.17) is 0 Å². The molecular weight excluding hydrogens is 316 g/mol. The van der Waals surface area contributed by atoms with Crippen LogP contribution in [0.4, 0.5) is 0 Å². The second-order valence-electron chi connectivity index (χ2n) is 4.71. The van der Waals surface area contributed by atoms with Crippen LogP contribution in [0.1, 0.15) is 17.3 Å². The van der Waals surface area contributed by atoms with E-state index in [-0.39, 0.29) is 28.9 Å². The fraction of sp³-hybridized carbons (Fsp3) is 0.462. The van der Waals surface area contributed by atoms with E-state index in [9.17, 15) is 13.2 Å². The molecule has 1 atom stereocenters. The average Bonchev–Trinajstić information content (AvgIpc) is 2.46. The van der Waals surface area contributed by atoms with Crippen LogP contribution in [0.2, 0.25) is 0 Å². The van der Waals surface area contributed by atoms with Crippen LogP contribution in [-0.4, -0.2) is 51.5 Å². The maximum absolute atomic E-state index is 12.7. The maximum atomic E-state index is 12.7. The molecule has 0 radical (unpaired) electrons. The standard InChI is InChI=1S/C13H18N2O4S.ClH/c1-10-9-15(8-7-14-10)20(17,18)12-6-4-3-5-11(12)13(16)19-2;/h3-6,10,14H,7-9H2,1-2H3;1H/t10-;/m1./s1. The Bertz CT molecular complexity index is 606. The summed E-state index contributed by atoms with van der Waals surface area (Å²) in [6.07, 6.45) is 0. The lowest BCUT2D eigenvalue weighted by Crippen LogP contribution is -2.51. The number of benzene rings is 1. The number of nitrogens with one attached hydrogen (secondary N) is 1. The van der Waals surface area contributed by atoms with Crippen LogP contribution in [0.5, 0.6) is 0 Å². The number of esters is 1. The van der Waals surface area contributed by atoms with Gasteiger partial charge in [0.1, 0.15) is 0 Å². The van der Waals surface area contributed by atoms with Crippen molar-refractivity contribution in [3.05, 3.63) is 29.8 Å². The summed E-state index contributed by atoms with van der Waals surface area (Å²) < 4.78 is 31.4. The number of piperazine rings is 1. The van der Waals surface area contributed by atoms with E-state index in [2.05, 4.69) is 10.1 Å². The molecule has 118 valence electrons. The van der Waals surface area contributed by atoms with E-state index < -0.39 is 16.0 Å². The summed E-state index contributed by atoms with van der Waals surface area (Å²) in [5.74, 6) is -0.646. The molecule has 0 saturated carbocycles. The van der Waals surface area contributed by atoms with E-state index in [0.29, 0.717) is 19.6 Å². The number of hydrogen-bond acceptors (Lipinski definition) is 5. The Balaban J connectivity index is 0.00000220. The number of halogens is 1. The fourth-order valence-electron chi connectivity index (χ4n) is 2.22. The first-order valence-corrected chi connectivity index (χ1v) is 7.81. The van der Waals surface area contributed by atoms with Crippen LogP contribution in [0.25, 0.3) is 0 Å². The van der Waals surface area contributed by atoms with E-state index in [1.807, 2.05) is 6.92 Å². The predicted molar refractivity (Wildman–Crippen MR) is 81.3 cm³/mol. The minimum absolute atomic E-state index is 0. The highest BCUT2D eigenvalue weighted by molar-refractivity contribution is 7.89. The Morgan fingerprint density at radius 2 is 2.05 bits per heavy atom. The third kappa shape index (κ3) is 3.74. The second-order valence-corrected chi connectivity index (χ2v) is 6.61. The molecule has 0 bridgehead atoms. The molecule has 1 aromatic rings. The van der Waals surface area contributed by atoms with Gasteiger partial charge in [0.25, 0.3) is 0 Å². The van der Waals surface area contributed by atoms with Crippen LogP contribution >= 0.6 is 12.4 Å². The summed E-state index contributed by atoms with van der Waals surface area (Å²) >= 11 is 0. The van der Waals surface area contributed by atoms with Crippen LogP contribution < -0.4 is 5.32 Å². The highest BCUT2D eigenvalue weighted by atomic mass is 35.5. The molecule has 8 heteroatoms. The molecule has 1 fully saturated rings. The van der Waals surface area contributed by atoms with Crippen molar-refractivity contribution >= 4 is 28.4 Å². The zero-order valence-electron chi connectivity index (χ0n) is 11.9. The summed E-state index contributed by atoms with van der Waals surface area (Å²) in [6.45, 7) is 3.30. The lowest BCUT2D eigenvalue weighted by atomic mass is 10.2. The molecule has 0 amide bonds. The summed E-state index contributed by atoms with van der Waals surface area (Å²) in [6, 6.07) is 6.21. The molecule has 6 nitrogen and oxygen atoms in total. The maximum Gasteiger partial charge on any atom is 0.339 e. The highest BCUT2D eigenvalue weighted by Crippen LogP contribution is 2.22. The minimum atomic E-state index is -3.69. The largest absolute Gasteiger partial charge is 0.465 e. The van der Waals surface area contributed by atoms with Crippen molar-refractivity contribution in [2.24, 2.45) is 0 Å². The van der Waals surface area contributed by atoms with Crippen molar-refractivity contribution in [1.82, 2.24) is 9.62 Å². The van der Waals surface area contributed by atoms with Gasteiger partial charge < -0.3 is 10.1 Å². The van der Waals surface area contributed by atoms with Crippen LogP contribution in [0.3, 0.4) is 0 Å². The SMILES string of the molecule is COC(=O)c1ccccc1S(=O)(=O)N1CCN[C@H](C)C1.Cl. The molecule has 1 aliphatic rings. The molecule has 2 rings (SSSR count). The molecule has 21 heavy (non-hydrogen) atoms. The van der Waals surface area contributed by atoms with Gasteiger partial charge in [0.15, 0.2) is 0 Å². The van der Waals surface area contributed by atoms with Gasteiger partial charge in [-0.15, -0.1) is 12.4 Å². The average molecular weight is 335 g/mol. The van der Waals surface area contributed by atoms with E-state index in [1.165, 1.54) is 23.5 Å². The Kier molecular flexibility index (Phi) is 6.15. The van der Waals surface area contributed by atoms with Crippen molar-refractivity contribution in [2.75, 3.05) is 26.7 Å². The van der Waals surface area contributed by atoms with Gasteiger partial charge in [-0.2, -0.15) is 4.31 Å². The summed E-state index contributed by atoms with van der Waals surface area (Å²) in [5, 5.41) is 3.19. The Labute approximate surface area is 130 Å². The van der Waals surface area contributed by atoms with Gasteiger partial charge in [0.2, 0.25) is 10.0 Å². The van der Waals surface area contributed by atoms with Crippen molar-refractivity contribution in [3.63, 3.8) is 0 Å². The van der Waals surface area contributed by atoms with Gasteiger partial charge in [0, 0.05) is 25.7 Å². The van der Waals surface area contributed by atoms with Crippen molar-refractivity contribution in [3.8, 4) is 0 Å². The zero-order valence-corrected chi connectivity index (χ0v) is 13.5. The van der Waals surface area contributed by atoms with E-state index in [0.717, 1.165) is 0 Å². The van der Waals surface area contributed by atoms with Crippen molar-refractivity contribution in [1.29, 1.82) is 0 Å². The minimum Gasteiger partial charge on any atom is -0.465 e. The molecular formula is C13H19ClN2O4S. The molecule has 1 aromatic carbocycles. The van der Waals surface area contributed by atoms with Gasteiger partial charge in [-0.1, -0.05) is 12.1 Å². The summed E-state index contributed by atoms with van der Waals surface area (Å²) in [4.78, 5) is 11.7. The third-order valence-corrected chi connectivity index (χ3v) is 5.16. The molecule has 1 heterocycles. The Hall–Kier alpha value is -1.15. The molecule has 0 unspecified atom stereocenters. The normalized spacial score (nSPS) is 19.6. The van der Waals surface area contributed by atoms with Gasteiger partial charge in [-0.05, 0) is 19.1 Å². The molecule has 0 aromatic heterocycles. The molecule has 1 aliphatic heterocycles. The Morgan fingerprint density at radius 3 is 2.67 bits per heavy atom. The number of methoxy groups -OCH3 is 1. The van der Waals surface area contributed by atoms with Crippen molar-refractivity contribution < 1.29 is 17.9 Å². The van der Waals surface area contributed by atoms with E-state index >= 15 is 0 Å². The monoisotopic (exact) mass is 334 g/mol. The molecule has 1 N–H and O–H groups in total. The molecule has 0 spiro atoms. The number of ether oxygens (including phenoxy) is 1. The van der Waals surface area contributed by atoms with Crippen LogP contribution in [0, 0.1) is 0 Å². The number of nitrogens with zero attached hydrogens (tertiary/aromatic N) is 1. The molecule has 1 saturated heterocycles. The first-order valence-electron chi connectivity index (χ1n) is 6.37. The lowest BCUT2D eigenvalue weighted by molar-refractivity contribution is 0.0596. The Morgan fingerprint density at radius 1 is 1.38 bits per heavy atom. The second kappa shape index (κ2) is 7.22. The summed E-state index contributed by atoms with van der Waals surface area (Å²) in [7, 11) is -2.45. The number of rotatable bonds is 3. The third-order valence-electron chi connectivity index (χ3n) is 3.24. The number of sulfonamides is 1. The van der Waals surface area contributed by atoms with Gasteiger partial charge >= 0.3 is 5.97 Å². The predicted octanol–water partition coefficient (Wildman–Crippen LogP) is 0.877. The topological polar surface area (TPSA) is 75.7 Å². The summed E-state index contributed by atoms with van der Waals surface area (Å²) in [5.41, 5.74) is 0.0705.